The first-order chi connectivity index (χ1) is 6.69. The summed E-state index contributed by atoms with van der Waals surface area (Å²) in [5.74, 6) is 0.743. The lowest BCUT2D eigenvalue weighted by Crippen LogP contribution is -2.31. The lowest BCUT2D eigenvalue weighted by Gasteiger charge is -2.31. The van der Waals surface area contributed by atoms with Gasteiger partial charge in [0.25, 0.3) is 0 Å². The fraction of sp³-hybridized carbons (Fsp3) is 0.909. The Kier molecular flexibility index (Phi) is 4.60. The minimum Gasteiger partial charge on any atom is -0.260 e. The molecule has 4 unspecified atom stereocenters. The number of nitriles is 1. The molecule has 0 aromatic heterocycles. The first kappa shape index (κ1) is 11.7. The van der Waals surface area contributed by atoms with E-state index < -0.39 is 10.8 Å². The van der Waals surface area contributed by atoms with Crippen LogP contribution >= 0.6 is 0 Å². The molecule has 0 amide bonds. The Balaban J connectivity index is 2.58. The van der Waals surface area contributed by atoms with Crippen molar-refractivity contribution in [3.05, 3.63) is 0 Å². The van der Waals surface area contributed by atoms with Crippen LogP contribution in [0.1, 0.15) is 39.0 Å². The second kappa shape index (κ2) is 5.50. The van der Waals surface area contributed by atoms with Crippen molar-refractivity contribution in [2.45, 2.75) is 44.3 Å². The Labute approximate surface area is 89.1 Å². The predicted octanol–water partition coefficient (Wildman–Crippen LogP) is 2.47. The van der Waals surface area contributed by atoms with E-state index in [-0.39, 0.29) is 11.2 Å². The van der Waals surface area contributed by atoms with Crippen LogP contribution in [0.4, 0.5) is 0 Å². The summed E-state index contributed by atoms with van der Waals surface area (Å²) in [7, 11) is -0.829. The van der Waals surface area contributed by atoms with Gasteiger partial charge in [0.05, 0.1) is 17.2 Å². The molecule has 1 rings (SSSR count). The smallest absolute Gasteiger partial charge is 0.0668 e. The van der Waals surface area contributed by atoms with Crippen molar-refractivity contribution in [1.82, 2.24) is 0 Å². The van der Waals surface area contributed by atoms with Crippen LogP contribution in [0.5, 0.6) is 0 Å². The molecule has 0 heterocycles. The molecule has 0 radical (unpaired) electrons. The van der Waals surface area contributed by atoms with Gasteiger partial charge in [0.2, 0.25) is 0 Å². The van der Waals surface area contributed by atoms with E-state index >= 15 is 0 Å². The second-order valence-electron chi connectivity index (χ2n) is 4.24. The summed E-state index contributed by atoms with van der Waals surface area (Å²) in [6.07, 6.45) is 7.26. The van der Waals surface area contributed by atoms with Gasteiger partial charge in [0.1, 0.15) is 0 Å². The van der Waals surface area contributed by atoms with Crippen LogP contribution in [0, 0.1) is 23.2 Å². The predicted molar refractivity (Wildman–Crippen MR) is 59.2 cm³/mol. The van der Waals surface area contributed by atoms with Crippen molar-refractivity contribution in [3.63, 3.8) is 0 Å². The van der Waals surface area contributed by atoms with E-state index in [9.17, 15) is 4.21 Å². The van der Waals surface area contributed by atoms with Crippen molar-refractivity contribution in [3.8, 4) is 6.07 Å². The lowest BCUT2D eigenvalue weighted by molar-refractivity contribution is 0.303. The Hall–Kier alpha value is -0.360. The van der Waals surface area contributed by atoms with Crippen molar-refractivity contribution >= 4 is 10.8 Å². The normalized spacial score (nSPS) is 34.8. The van der Waals surface area contributed by atoms with Crippen LogP contribution in [0.25, 0.3) is 0 Å². The van der Waals surface area contributed by atoms with Gasteiger partial charge in [-0.2, -0.15) is 5.26 Å². The van der Waals surface area contributed by atoms with Crippen LogP contribution in [0.3, 0.4) is 0 Å². The van der Waals surface area contributed by atoms with Gasteiger partial charge in [0, 0.05) is 17.1 Å². The molecule has 80 valence electrons. The Morgan fingerprint density at radius 3 is 2.71 bits per heavy atom. The third kappa shape index (κ3) is 2.81. The quantitative estimate of drug-likeness (QED) is 0.722. The van der Waals surface area contributed by atoms with Crippen molar-refractivity contribution in [2.75, 3.05) is 6.26 Å². The molecule has 1 fully saturated rings. The monoisotopic (exact) mass is 213 g/mol. The fourth-order valence-electron chi connectivity index (χ4n) is 2.40. The van der Waals surface area contributed by atoms with Gasteiger partial charge < -0.3 is 0 Å². The summed E-state index contributed by atoms with van der Waals surface area (Å²) in [6.45, 7) is 2.19. The Morgan fingerprint density at radius 2 is 2.21 bits per heavy atom. The van der Waals surface area contributed by atoms with E-state index in [2.05, 4.69) is 13.0 Å². The van der Waals surface area contributed by atoms with Crippen molar-refractivity contribution < 1.29 is 4.21 Å². The van der Waals surface area contributed by atoms with E-state index in [0.717, 1.165) is 19.3 Å². The summed E-state index contributed by atoms with van der Waals surface area (Å²) in [6, 6.07) is 2.30. The third-order valence-electron chi connectivity index (χ3n) is 3.19. The molecule has 1 aliphatic carbocycles. The van der Waals surface area contributed by atoms with Gasteiger partial charge in [-0.15, -0.1) is 0 Å². The van der Waals surface area contributed by atoms with Gasteiger partial charge in [-0.25, -0.2) is 0 Å². The van der Waals surface area contributed by atoms with Crippen molar-refractivity contribution in [2.24, 2.45) is 11.8 Å². The molecular weight excluding hydrogens is 194 g/mol. The van der Waals surface area contributed by atoms with Gasteiger partial charge in [0.15, 0.2) is 0 Å². The second-order valence-corrected chi connectivity index (χ2v) is 5.84. The molecule has 0 N–H and O–H groups in total. The minimum atomic E-state index is -0.829. The molecule has 0 saturated heterocycles. The largest absolute Gasteiger partial charge is 0.260 e. The molecule has 1 saturated carbocycles. The molecule has 0 aromatic rings. The zero-order valence-electron chi connectivity index (χ0n) is 9.03. The van der Waals surface area contributed by atoms with E-state index in [1.54, 1.807) is 6.26 Å². The van der Waals surface area contributed by atoms with E-state index in [0.29, 0.717) is 5.92 Å². The minimum absolute atomic E-state index is 0.0361. The number of hydrogen-bond donors (Lipinski definition) is 0. The zero-order chi connectivity index (χ0) is 10.6. The highest BCUT2D eigenvalue weighted by Crippen LogP contribution is 2.33. The third-order valence-corrected chi connectivity index (χ3v) is 4.56. The first-order valence-electron chi connectivity index (χ1n) is 5.40. The fourth-order valence-corrected chi connectivity index (χ4v) is 3.60. The van der Waals surface area contributed by atoms with Crippen LogP contribution in [-0.2, 0) is 10.8 Å². The maximum Gasteiger partial charge on any atom is 0.0668 e. The Bertz CT molecular complexity index is 246. The highest BCUT2D eigenvalue weighted by atomic mass is 32.2. The topological polar surface area (TPSA) is 40.9 Å². The summed E-state index contributed by atoms with van der Waals surface area (Å²) < 4.78 is 11.5. The molecule has 14 heavy (non-hydrogen) atoms. The van der Waals surface area contributed by atoms with Crippen LogP contribution in [0.15, 0.2) is 0 Å². The highest BCUT2D eigenvalue weighted by Gasteiger charge is 2.32. The summed E-state index contributed by atoms with van der Waals surface area (Å²) in [5.41, 5.74) is 0. The average Bonchev–Trinajstić information content (AvgIpc) is 2.18. The first-order valence-corrected chi connectivity index (χ1v) is 7.03. The standard InChI is InChI=1S/C11H19NOS/c1-3-4-9-5-6-10(8-12)11(7-9)14(2)13/h9-11H,3-7H2,1-2H3. The summed E-state index contributed by atoms with van der Waals surface area (Å²) >= 11 is 0. The number of rotatable bonds is 3. The van der Waals surface area contributed by atoms with Gasteiger partial charge in [-0.1, -0.05) is 19.8 Å². The van der Waals surface area contributed by atoms with Gasteiger partial charge in [-0.05, 0) is 25.2 Å². The van der Waals surface area contributed by atoms with Gasteiger partial charge >= 0.3 is 0 Å². The maximum atomic E-state index is 11.5. The number of hydrogen-bond acceptors (Lipinski definition) is 2. The lowest BCUT2D eigenvalue weighted by atomic mass is 9.80. The highest BCUT2D eigenvalue weighted by molar-refractivity contribution is 7.84. The molecule has 1 aliphatic rings. The van der Waals surface area contributed by atoms with Gasteiger partial charge in [-0.3, -0.25) is 4.21 Å². The van der Waals surface area contributed by atoms with E-state index in [4.69, 9.17) is 5.26 Å². The van der Waals surface area contributed by atoms with Crippen molar-refractivity contribution in [1.29, 1.82) is 5.26 Å². The molecular formula is C11H19NOS. The maximum absolute atomic E-state index is 11.5. The molecule has 0 bridgehead atoms. The molecule has 3 heteroatoms. The Morgan fingerprint density at radius 1 is 1.50 bits per heavy atom. The summed E-state index contributed by atoms with van der Waals surface area (Å²) in [5, 5.41) is 9.07. The molecule has 0 aliphatic heterocycles. The number of nitrogens with zero attached hydrogens (tertiary/aromatic N) is 1. The van der Waals surface area contributed by atoms with E-state index in [1.165, 1.54) is 12.8 Å². The SMILES string of the molecule is CCCC1CCC(C#N)C(S(C)=O)C1. The molecule has 0 spiro atoms. The zero-order valence-corrected chi connectivity index (χ0v) is 9.85. The molecule has 2 nitrogen and oxygen atoms in total. The van der Waals surface area contributed by atoms with Crippen LogP contribution in [-0.4, -0.2) is 15.7 Å². The molecule has 4 atom stereocenters. The van der Waals surface area contributed by atoms with Crippen LogP contribution < -0.4 is 0 Å². The molecule has 0 aromatic carbocycles. The van der Waals surface area contributed by atoms with E-state index in [1.807, 2.05) is 0 Å². The average molecular weight is 213 g/mol. The summed E-state index contributed by atoms with van der Waals surface area (Å²) in [4.78, 5) is 0. The van der Waals surface area contributed by atoms with Crippen LogP contribution in [0.2, 0.25) is 0 Å².